The summed E-state index contributed by atoms with van der Waals surface area (Å²) in [5.41, 5.74) is 0.664. The minimum Gasteiger partial charge on any atom is -0.490 e. The zero-order chi connectivity index (χ0) is 16.4. The third-order valence-corrected chi connectivity index (χ3v) is 4.92. The quantitative estimate of drug-likeness (QED) is 0.878. The Morgan fingerprint density at radius 2 is 1.92 bits per heavy atom. The van der Waals surface area contributed by atoms with Gasteiger partial charge in [0.05, 0.1) is 6.10 Å². The highest BCUT2D eigenvalue weighted by atomic mass is 16.5. The van der Waals surface area contributed by atoms with Gasteiger partial charge in [-0.05, 0) is 62.8 Å². The van der Waals surface area contributed by atoms with Crippen molar-refractivity contribution in [2.75, 3.05) is 0 Å². The first-order valence-corrected chi connectivity index (χ1v) is 8.59. The Bertz CT molecular complexity index is 674. The van der Waals surface area contributed by atoms with E-state index in [2.05, 4.69) is 25.9 Å². The van der Waals surface area contributed by atoms with Gasteiger partial charge in [-0.3, -0.25) is 4.79 Å². The smallest absolute Gasteiger partial charge is 0.251 e. The molecular formula is C17H21N5O2. The van der Waals surface area contributed by atoms with Crippen LogP contribution in [0, 0.1) is 0 Å². The lowest BCUT2D eigenvalue weighted by molar-refractivity contribution is 0.0907. The second kappa shape index (κ2) is 6.59. The maximum atomic E-state index is 12.3. The number of benzene rings is 1. The van der Waals surface area contributed by atoms with Gasteiger partial charge in [-0.1, -0.05) is 5.21 Å². The van der Waals surface area contributed by atoms with E-state index in [9.17, 15) is 4.79 Å². The summed E-state index contributed by atoms with van der Waals surface area (Å²) in [6, 6.07) is 7.60. The van der Waals surface area contributed by atoms with E-state index < -0.39 is 0 Å². The van der Waals surface area contributed by atoms with E-state index in [4.69, 9.17) is 4.74 Å². The highest BCUT2D eigenvalue weighted by molar-refractivity contribution is 5.94. The number of H-pyrrole nitrogens is 1. The Morgan fingerprint density at radius 3 is 2.58 bits per heavy atom. The standard InChI is InChI=1S/C17H21N5O2/c23-17(18-13-9-12(10-13)16-19-21-22-20-16)11-5-7-15(8-6-11)24-14-3-1-2-4-14/h5-8,12-14H,1-4,9-10H2,(H,18,23)(H,19,20,21,22). The van der Waals surface area contributed by atoms with E-state index in [0.29, 0.717) is 11.7 Å². The van der Waals surface area contributed by atoms with E-state index in [1.54, 1.807) is 0 Å². The van der Waals surface area contributed by atoms with Crippen LogP contribution in [-0.2, 0) is 0 Å². The number of carbonyl (C=O) groups is 1. The van der Waals surface area contributed by atoms with Gasteiger partial charge in [0.25, 0.3) is 5.91 Å². The number of hydrogen-bond acceptors (Lipinski definition) is 5. The van der Waals surface area contributed by atoms with Crippen LogP contribution < -0.4 is 10.1 Å². The first-order valence-electron chi connectivity index (χ1n) is 8.59. The van der Waals surface area contributed by atoms with Gasteiger partial charge in [0.15, 0.2) is 5.82 Å². The van der Waals surface area contributed by atoms with Gasteiger partial charge >= 0.3 is 0 Å². The molecule has 2 saturated carbocycles. The number of nitrogens with zero attached hydrogens (tertiary/aromatic N) is 3. The Hall–Kier alpha value is -2.44. The minimum atomic E-state index is -0.0426. The molecule has 4 rings (SSSR count). The topological polar surface area (TPSA) is 92.8 Å². The van der Waals surface area contributed by atoms with Gasteiger partial charge in [-0.2, -0.15) is 5.21 Å². The number of aromatic nitrogens is 4. The molecule has 2 aliphatic carbocycles. The normalized spacial score (nSPS) is 23.7. The molecule has 0 spiro atoms. The lowest BCUT2D eigenvalue weighted by Gasteiger charge is -2.33. The van der Waals surface area contributed by atoms with Crippen molar-refractivity contribution in [3.8, 4) is 5.75 Å². The van der Waals surface area contributed by atoms with E-state index in [0.717, 1.165) is 37.3 Å². The van der Waals surface area contributed by atoms with Crippen molar-refractivity contribution >= 4 is 5.91 Å². The van der Waals surface area contributed by atoms with Gasteiger partial charge in [-0.25, -0.2) is 0 Å². The second-order valence-corrected chi connectivity index (χ2v) is 6.66. The summed E-state index contributed by atoms with van der Waals surface area (Å²) in [5.74, 6) is 1.82. The van der Waals surface area contributed by atoms with E-state index in [1.807, 2.05) is 24.3 Å². The summed E-state index contributed by atoms with van der Waals surface area (Å²) in [7, 11) is 0. The van der Waals surface area contributed by atoms with E-state index >= 15 is 0 Å². The van der Waals surface area contributed by atoms with Crippen LogP contribution in [0.5, 0.6) is 5.75 Å². The van der Waals surface area contributed by atoms with Crippen molar-refractivity contribution in [2.45, 2.75) is 56.6 Å². The zero-order valence-corrected chi connectivity index (χ0v) is 13.4. The molecule has 126 valence electrons. The van der Waals surface area contributed by atoms with Crippen LogP contribution in [-0.4, -0.2) is 38.7 Å². The molecule has 2 fully saturated rings. The minimum absolute atomic E-state index is 0.0426. The van der Waals surface area contributed by atoms with Crippen molar-refractivity contribution in [1.82, 2.24) is 25.9 Å². The van der Waals surface area contributed by atoms with Crippen molar-refractivity contribution in [2.24, 2.45) is 0 Å². The summed E-state index contributed by atoms with van der Waals surface area (Å²) in [6.07, 6.45) is 6.80. The SMILES string of the molecule is O=C(NC1CC(c2nn[nH]n2)C1)c1ccc(OC2CCCC2)cc1. The summed E-state index contributed by atoms with van der Waals surface area (Å²) in [5, 5.41) is 17.1. The van der Waals surface area contributed by atoms with Crippen LogP contribution in [0.3, 0.4) is 0 Å². The number of carbonyl (C=O) groups excluding carboxylic acids is 1. The van der Waals surface area contributed by atoms with Gasteiger partial charge in [-0.15, -0.1) is 10.2 Å². The fourth-order valence-electron chi connectivity index (χ4n) is 3.44. The summed E-state index contributed by atoms with van der Waals surface area (Å²) in [4.78, 5) is 12.3. The molecule has 1 aromatic heterocycles. The van der Waals surface area contributed by atoms with Crippen LogP contribution in [0.15, 0.2) is 24.3 Å². The number of aromatic amines is 1. The molecule has 7 nitrogen and oxygen atoms in total. The average Bonchev–Trinajstić information content (AvgIpc) is 3.24. The molecule has 24 heavy (non-hydrogen) atoms. The predicted molar refractivity (Wildman–Crippen MR) is 86.7 cm³/mol. The van der Waals surface area contributed by atoms with Crippen LogP contribution in [0.2, 0.25) is 0 Å². The largest absolute Gasteiger partial charge is 0.490 e. The fraction of sp³-hybridized carbons (Fsp3) is 0.529. The number of nitrogens with one attached hydrogen (secondary N) is 2. The molecule has 2 N–H and O–H groups in total. The van der Waals surface area contributed by atoms with Crippen molar-refractivity contribution in [3.63, 3.8) is 0 Å². The molecule has 1 aromatic carbocycles. The molecule has 0 radical (unpaired) electrons. The van der Waals surface area contributed by atoms with Crippen molar-refractivity contribution in [3.05, 3.63) is 35.7 Å². The number of rotatable bonds is 5. The number of tetrazole rings is 1. The molecule has 1 heterocycles. The third-order valence-electron chi connectivity index (χ3n) is 4.92. The van der Waals surface area contributed by atoms with Gasteiger partial charge < -0.3 is 10.1 Å². The van der Waals surface area contributed by atoms with Crippen LogP contribution in [0.4, 0.5) is 0 Å². The van der Waals surface area contributed by atoms with Gasteiger partial charge in [0, 0.05) is 17.5 Å². The van der Waals surface area contributed by atoms with Crippen molar-refractivity contribution in [1.29, 1.82) is 0 Å². The van der Waals surface area contributed by atoms with Crippen LogP contribution in [0.1, 0.15) is 60.6 Å². The molecule has 0 atom stereocenters. The molecule has 0 unspecified atom stereocenters. The maximum absolute atomic E-state index is 12.3. The highest BCUT2D eigenvalue weighted by Crippen LogP contribution is 2.34. The predicted octanol–water partition coefficient (Wildman–Crippen LogP) is 2.20. The summed E-state index contributed by atoms with van der Waals surface area (Å²) in [6.45, 7) is 0. The molecular weight excluding hydrogens is 306 g/mol. The maximum Gasteiger partial charge on any atom is 0.251 e. The summed E-state index contributed by atoms with van der Waals surface area (Å²) >= 11 is 0. The van der Waals surface area contributed by atoms with Crippen LogP contribution >= 0.6 is 0 Å². The lowest BCUT2D eigenvalue weighted by atomic mass is 9.79. The van der Waals surface area contributed by atoms with E-state index in [1.165, 1.54) is 12.8 Å². The number of ether oxygens (including phenoxy) is 1. The molecule has 0 saturated heterocycles. The zero-order valence-electron chi connectivity index (χ0n) is 13.4. The Balaban J connectivity index is 1.27. The first-order chi connectivity index (χ1) is 11.8. The third kappa shape index (κ3) is 3.25. The lowest BCUT2D eigenvalue weighted by Crippen LogP contribution is -2.43. The molecule has 0 bridgehead atoms. The molecule has 0 aliphatic heterocycles. The highest BCUT2D eigenvalue weighted by Gasteiger charge is 2.34. The number of hydrogen-bond donors (Lipinski definition) is 2. The van der Waals surface area contributed by atoms with Crippen LogP contribution in [0.25, 0.3) is 0 Å². The fourth-order valence-corrected chi connectivity index (χ4v) is 3.44. The van der Waals surface area contributed by atoms with Gasteiger partial charge in [0.2, 0.25) is 0 Å². The molecule has 2 aromatic rings. The number of amides is 1. The summed E-state index contributed by atoms with van der Waals surface area (Å²) < 4.78 is 5.92. The Labute approximate surface area is 140 Å². The van der Waals surface area contributed by atoms with E-state index in [-0.39, 0.29) is 17.9 Å². The Morgan fingerprint density at radius 1 is 1.17 bits per heavy atom. The monoisotopic (exact) mass is 327 g/mol. The Kier molecular flexibility index (Phi) is 4.15. The van der Waals surface area contributed by atoms with Gasteiger partial charge in [0.1, 0.15) is 5.75 Å². The molecule has 1 amide bonds. The first kappa shape index (κ1) is 15.1. The second-order valence-electron chi connectivity index (χ2n) is 6.66. The molecule has 7 heteroatoms. The average molecular weight is 327 g/mol. The molecule has 2 aliphatic rings. The van der Waals surface area contributed by atoms with Crippen molar-refractivity contribution < 1.29 is 9.53 Å².